The first kappa shape index (κ1) is 28.4. The van der Waals surface area contributed by atoms with Crippen LogP contribution in [0.15, 0.2) is 60.8 Å². The number of hydrogen-bond acceptors (Lipinski definition) is 6. The predicted octanol–water partition coefficient (Wildman–Crippen LogP) is 5.47. The van der Waals surface area contributed by atoms with Crippen LogP contribution in [0.5, 0.6) is 5.06 Å². The summed E-state index contributed by atoms with van der Waals surface area (Å²) in [5, 5.41) is 7.67. The molecule has 1 aliphatic heterocycles. The number of halogens is 4. The van der Waals surface area contributed by atoms with E-state index >= 15 is 0 Å². The molecule has 41 heavy (non-hydrogen) atoms. The summed E-state index contributed by atoms with van der Waals surface area (Å²) in [5.74, 6) is -1.65. The Morgan fingerprint density at radius 1 is 1.07 bits per heavy atom. The van der Waals surface area contributed by atoms with Crippen LogP contribution >= 0.6 is 22.9 Å². The van der Waals surface area contributed by atoms with Crippen molar-refractivity contribution in [1.29, 1.82) is 0 Å². The van der Waals surface area contributed by atoms with Gasteiger partial charge in [0.25, 0.3) is 17.7 Å². The summed E-state index contributed by atoms with van der Waals surface area (Å²) in [6.45, 7) is -0.253. The van der Waals surface area contributed by atoms with Crippen LogP contribution in [0.2, 0.25) is 5.02 Å². The Morgan fingerprint density at radius 3 is 2.34 bits per heavy atom. The highest BCUT2D eigenvalue weighted by Gasteiger charge is 2.37. The van der Waals surface area contributed by atoms with Crippen molar-refractivity contribution in [3.05, 3.63) is 92.9 Å². The van der Waals surface area contributed by atoms with Gasteiger partial charge in [-0.1, -0.05) is 53.3 Å². The second kappa shape index (κ2) is 11.0. The van der Waals surface area contributed by atoms with Gasteiger partial charge in [-0.2, -0.15) is 18.3 Å². The van der Waals surface area contributed by atoms with Crippen molar-refractivity contribution in [2.45, 2.75) is 18.6 Å². The first-order chi connectivity index (χ1) is 19.5. The lowest BCUT2D eigenvalue weighted by Crippen LogP contribution is -2.46. The molecule has 0 radical (unpaired) electrons. The average Bonchev–Trinajstić information content (AvgIpc) is 3.58. The fraction of sp³-hybridized carbons (Fsp3) is 0.214. The molecule has 0 aliphatic carbocycles. The van der Waals surface area contributed by atoms with Crippen LogP contribution in [-0.2, 0) is 19.6 Å². The topological polar surface area (TPSA) is 93.5 Å². The highest BCUT2D eigenvalue weighted by molar-refractivity contribution is 7.16. The molecular weight excluding hydrogens is 581 g/mol. The van der Waals surface area contributed by atoms with Crippen molar-refractivity contribution in [2.24, 2.45) is 7.05 Å². The summed E-state index contributed by atoms with van der Waals surface area (Å²) in [6.07, 6.45) is -3.18. The summed E-state index contributed by atoms with van der Waals surface area (Å²) in [6, 6.07) is 11.7. The van der Waals surface area contributed by atoms with E-state index in [0.717, 1.165) is 28.4 Å². The number of carbonyl (C=O) groups is 3. The maximum absolute atomic E-state index is 13.5. The highest BCUT2D eigenvalue weighted by Crippen LogP contribution is 2.41. The molecule has 2 aromatic carbocycles. The van der Waals surface area contributed by atoms with E-state index in [4.69, 9.17) is 16.3 Å². The van der Waals surface area contributed by atoms with E-state index in [-0.39, 0.29) is 34.5 Å². The molecule has 1 aliphatic rings. The third-order valence-electron chi connectivity index (χ3n) is 6.61. The summed E-state index contributed by atoms with van der Waals surface area (Å²) >= 11 is 7.33. The molecule has 5 rings (SSSR count). The minimum atomic E-state index is -4.56. The molecular formula is C28H22ClF3N4O4S. The van der Waals surface area contributed by atoms with Gasteiger partial charge in [0.1, 0.15) is 0 Å². The lowest BCUT2D eigenvalue weighted by Gasteiger charge is -2.24. The second-order valence-electron chi connectivity index (χ2n) is 9.32. The van der Waals surface area contributed by atoms with Crippen LogP contribution in [-0.4, -0.2) is 52.1 Å². The standard InChI is InChI=1S/C28H22ClF3N4O4S/c1-35-23(21(29)13-33-35)20-12-22(41-27(20)40-2)24(37)34-17(11-15-6-5-7-16(10-15)28(30,31)32)14-36-25(38)18-8-3-4-9-19(18)26(36)39/h3-10,12-13,17H,11,14H2,1-2H3,(H,34,37)/t17-/m0/s1. The Labute approximate surface area is 241 Å². The molecule has 0 unspecified atom stereocenters. The highest BCUT2D eigenvalue weighted by atomic mass is 35.5. The summed E-state index contributed by atoms with van der Waals surface area (Å²) in [7, 11) is 3.13. The summed E-state index contributed by atoms with van der Waals surface area (Å²) < 4.78 is 47.1. The first-order valence-corrected chi connectivity index (χ1v) is 13.4. The largest absolute Gasteiger partial charge is 0.487 e. The van der Waals surface area contributed by atoms with E-state index in [1.807, 2.05) is 0 Å². The maximum atomic E-state index is 13.5. The lowest BCUT2D eigenvalue weighted by molar-refractivity contribution is -0.137. The Bertz CT molecular complexity index is 1610. The number of rotatable bonds is 8. The van der Waals surface area contributed by atoms with Crippen molar-refractivity contribution in [2.75, 3.05) is 13.7 Å². The number of hydrogen-bond donors (Lipinski definition) is 1. The molecule has 4 aromatic rings. The van der Waals surface area contributed by atoms with Crippen molar-refractivity contribution < 1.29 is 32.3 Å². The van der Waals surface area contributed by atoms with Crippen LogP contribution in [0.4, 0.5) is 13.2 Å². The molecule has 1 N–H and O–H groups in total. The SMILES string of the molecule is COc1sc(C(=O)N[C@@H](Cc2cccc(C(F)(F)F)c2)CN2C(=O)c3ccccc3C2=O)cc1-c1c(Cl)cnn1C. The van der Waals surface area contributed by atoms with Gasteiger partial charge in [0, 0.05) is 13.6 Å². The number of nitrogens with zero attached hydrogens (tertiary/aromatic N) is 3. The molecule has 2 aromatic heterocycles. The number of amides is 3. The quantitative estimate of drug-likeness (QED) is 0.270. The second-order valence-corrected chi connectivity index (χ2v) is 10.7. The van der Waals surface area contributed by atoms with Crippen molar-refractivity contribution in [1.82, 2.24) is 20.0 Å². The van der Waals surface area contributed by atoms with E-state index in [9.17, 15) is 27.6 Å². The Kier molecular flexibility index (Phi) is 7.62. The molecule has 212 valence electrons. The summed E-state index contributed by atoms with van der Waals surface area (Å²) in [5.41, 5.74) is 0.937. The Balaban J connectivity index is 1.45. The average molecular weight is 603 g/mol. The van der Waals surface area contributed by atoms with Crippen molar-refractivity contribution >= 4 is 40.7 Å². The fourth-order valence-corrected chi connectivity index (χ4v) is 5.86. The lowest BCUT2D eigenvalue weighted by atomic mass is 10.0. The molecule has 0 fully saturated rings. The van der Waals surface area contributed by atoms with Crippen LogP contribution in [0, 0.1) is 0 Å². The molecule has 0 spiro atoms. The van der Waals surface area contributed by atoms with Crippen LogP contribution < -0.4 is 10.1 Å². The van der Waals surface area contributed by atoms with Gasteiger partial charge in [-0.3, -0.25) is 24.0 Å². The smallest absolute Gasteiger partial charge is 0.416 e. The summed E-state index contributed by atoms with van der Waals surface area (Å²) in [4.78, 5) is 40.7. The van der Waals surface area contributed by atoms with Crippen molar-refractivity contribution in [3.8, 4) is 16.3 Å². The molecule has 3 heterocycles. The zero-order valence-corrected chi connectivity index (χ0v) is 23.2. The number of fused-ring (bicyclic) bond motifs is 1. The Hall–Kier alpha value is -4.16. The van der Waals surface area contributed by atoms with Gasteiger partial charge in [-0.15, -0.1) is 0 Å². The van der Waals surface area contributed by atoms with Gasteiger partial charge in [0.15, 0.2) is 5.06 Å². The van der Waals surface area contributed by atoms with E-state index in [0.29, 0.717) is 21.3 Å². The molecule has 13 heteroatoms. The van der Waals surface area contributed by atoms with Gasteiger partial charge >= 0.3 is 6.18 Å². The number of carbonyl (C=O) groups excluding carboxylic acids is 3. The van der Waals surface area contributed by atoms with Gasteiger partial charge < -0.3 is 10.1 Å². The number of nitrogens with one attached hydrogen (secondary N) is 1. The van der Waals surface area contributed by atoms with Crippen LogP contribution in [0.25, 0.3) is 11.3 Å². The zero-order chi connectivity index (χ0) is 29.5. The van der Waals surface area contributed by atoms with E-state index in [1.54, 1.807) is 25.2 Å². The van der Waals surface area contributed by atoms with E-state index < -0.39 is 35.5 Å². The molecule has 1 atom stereocenters. The predicted molar refractivity (Wildman–Crippen MR) is 146 cm³/mol. The third kappa shape index (κ3) is 5.57. The number of ether oxygens (including phenoxy) is 1. The number of methoxy groups -OCH3 is 1. The molecule has 0 bridgehead atoms. The fourth-order valence-electron chi connectivity index (χ4n) is 4.72. The van der Waals surface area contributed by atoms with Gasteiger partial charge in [-0.05, 0) is 36.2 Å². The molecule has 3 amide bonds. The number of benzene rings is 2. The van der Waals surface area contributed by atoms with Crippen LogP contribution in [0.3, 0.4) is 0 Å². The molecule has 0 saturated heterocycles. The number of imide groups is 1. The minimum Gasteiger partial charge on any atom is -0.487 e. The van der Waals surface area contributed by atoms with Gasteiger partial charge in [0.05, 0.1) is 57.2 Å². The molecule has 0 saturated carbocycles. The third-order valence-corrected chi connectivity index (χ3v) is 7.98. The van der Waals surface area contributed by atoms with E-state index in [2.05, 4.69) is 10.4 Å². The maximum Gasteiger partial charge on any atom is 0.416 e. The van der Waals surface area contributed by atoms with Crippen LogP contribution in [0.1, 0.15) is 41.5 Å². The number of aryl methyl sites for hydroxylation is 1. The van der Waals surface area contributed by atoms with Crippen molar-refractivity contribution in [3.63, 3.8) is 0 Å². The Morgan fingerprint density at radius 2 is 1.76 bits per heavy atom. The number of thiophene rings is 1. The zero-order valence-electron chi connectivity index (χ0n) is 21.7. The van der Waals surface area contributed by atoms with Gasteiger partial charge in [0.2, 0.25) is 0 Å². The molecule has 8 nitrogen and oxygen atoms in total. The number of alkyl halides is 3. The van der Waals surface area contributed by atoms with Gasteiger partial charge in [-0.25, -0.2) is 0 Å². The minimum absolute atomic E-state index is 0.0774. The number of aromatic nitrogens is 2. The normalized spacial score (nSPS) is 13.9. The van der Waals surface area contributed by atoms with E-state index in [1.165, 1.54) is 42.3 Å². The monoisotopic (exact) mass is 602 g/mol. The first-order valence-electron chi connectivity index (χ1n) is 12.3.